The number of hydrogen-bond donors (Lipinski definition) is 2. The standard InChI is InChI=1S/C22H23N5O2/c1-2-21-20-10-17-9-16(7-8-19(17)27(20)22(28)29-21)15-5-3-14(4-6-15)11-23-12-18-13-24-26-25-18/h3-9,13,20-21,23H,2,10-12H2,1H3,(H,24,25,26). The number of rotatable bonds is 6. The van der Waals surface area contributed by atoms with E-state index in [2.05, 4.69) is 70.1 Å². The number of anilines is 1. The summed E-state index contributed by atoms with van der Waals surface area (Å²) in [4.78, 5) is 14.1. The minimum Gasteiger partial charge on any atom is -0.444 e. The average molecular weight is 389 g/mol. The van der Waals surface area contributed by atoms with Crippen LogP contribution in [0.1, 0.15) is 30.2 Å². The Bertz CT molecular complexity index is 1020. The predicted octanol–water partition coefficient (Wildman–Crippen LogP) is 3.42. The maximum atomic E-state index is 12.2. The van der Waals surface area contributed by atoms with Crippen molar-refractivity contribution in [3.63, 3.8) is 0 Å². The molecule has 3 aromatic rings. The van der Waals surface area contributed by atoms with E-state index in [1.54, 1.807) is 6.20 Å². The summed E-state index contributed by atoms with van der Waals surface area (Å²) in [6.45, 7) is 3.52. The van der Waals surface area contributed by atoms with E-state index >= 15 is 0 Å². The largest absolute Gasteiger partial charge is 0.444 e. The third-order valence-electron chi connectivity index (χ3n) is 5.77. The van der Waals surface area contributed by atoms with Crippen molar-refractivity contribution in [2.75, 3.05) is 4.90 Å². The van der Waals surface area contributed by atoms with Crippen LogP contribution in [0.5, 0.6) is 0 Å². The molecule has 0 spiro atoms. The lowest BCUT2D eigenvalue weighted by Gasteiger charge is -2.15. The second kappa shape index (κ2) is 7.33. The van der Waals surface area contributed by atoms with Gasteiger partial charge in [0.05, 0.1) is 23.6 Å². The Morgan fingerprint density at radius 3 is 2.76 bits per heavy atom. The molecule has 2 atom stereocenters. The van der Waals surface area contributed by atoms with Gasteiger partial charge < -0.3 is 10.1 Å². The molecule has 2 aliphatic heterocycles. The fourth-order valence-electron chi connectivity index (χ4n) is 4.27. The molecule has 2 aromatic carbocycles. The highest BCUT2D eigenvalue weighted by Gasteiger charge is 2.46. The van der Waals surface area contributed by atoms with Gasteiger partial charge in [0.15, 0.2) is 0 Å². The topological polar surface area (TPSA) is 83.1 Å². The second-order valence-electron chi connectivity index (χ2n) is 7.58. The number of hydrogen-bond acceptors (Lipinski definition) is 5. The highest BCUT2D eigenvalue weighted by Crippen LogP contribution is 2.41. The van der Waals surface area contributed by atoms with Gasteiger partial charge >= 0.3 is 6.09 Å². The fourth-order valence-corrected chi connectivity index (χ4v) is 4.27. The van der Waals surface area contributed by atoms with Gasteiger partial charge in [0.2, 0.25) is 0 Å². The zero-order valence-corrected chi connectivity index (χ0v) is 16.3. The van der Waals surface area contributed by atoms with Crippen LogP contribution >= 0.6 is 0 Å². The lowest BCUT2D eigenvalue weighted by atomic mass is 9.99. The summed E-state index contributed by atoms with van der Waals surface area (Å²) in [5.74, 6) is 0. The van der Waals surface area contributed by atoms with Gasteiger partial charge in [-0.05, 0) is 47.2 Å². The van der Waals surface area contributed by atoms with Crippen LogP contribution in [0.25, 0.3) is 11.1 Å². The number of ether oxygens (including phenoxy) is 1. The van der Waals surface area contributed by atoms with E-state index < -0.39 is 0 Å². The summed E-state index contributed by atoms with van der Waals surface area (Å²) in [5, 5.41) is 13.8. The van der Waals surface area contributed by atoms with Gasteiger partial charge in [-0.3, -0.25) is 4.90 Å². The molecule has 3 heterocycles. The predicted molar refractivity (Wildman–Crippen MR) is 109 cm³/mol. The van der Waals surface area contributed by atoms with Crippen LogP contribution in [0.3, 0.4) is 0 Å². The number of H-pyrrole nitrogens is 1. The van der Waals surface area contributed by atoms with Gasteiger partial charge in [0.1, 0.15) is 6.10 Å². The molecular weight excluding hydrogens is 366 g/mol. The fraction of sp³-hybridized carbons (Fsp3) is 0.318. The zero-order valence-electron chi connectivity index (χ0n) is 16.3. The molecule has 5 rings (SSSR count). The first-order chi connectivity index (χ1) is 14.2. The number of cyclic esters (lactones) is 1. The first-order valence-electron chi connectivity index (χ1n) is 10.0. The number of aromatic amines is 1. The number of carbonyl (C=O) groups excluding carboxylic acids is 1. The molecule has 1 fully saturated rings. The number of aromatic nitrogens is 3. The van der Waals surface area contributed by atoms with Crippen LogP contribution in [0, 0.1) is 0 Å². The number of benzene rings is 2. The van der Waals surface area contributed by atoms with Crippen molar-refractivity contribution in [3.8, 4) is 11.1 Å². The Morgan fingerprint density at radius 2 is 2.00 bits per heavy atom. The Hall–Kier alpha value is -3.19. The molecule has 7 nitrogen and oxygen atoms in total. The molecule has 1 saturated heterocycles. The number of amides is 1. The van der Waals surface area contributed by atoms with Crippen LogP contribution in [0.15, 0.2) is 48.7 Å². The lowest BCUT2D eigenvalue weighted by Crippen LogP contribution is -2.32. The summed E-state index contributed by atoms with van der Waals surface area (Å²) in [6, 6.07) is 15.1. The van der Waals surface area contributed by atoms with Crippen molar-refractivity contribution in [3.05, 3.63) is 65.5 Å². The molecular formula is C22H23N5O2. The molecule has 0 aliphatic carbocycles. The molecule has 2 aliphatic rings. The van der Waals surface area contributed by atoms with Crippen LogP contribution in [0.4, 0.5) is 10.5 Å². The third-order valence-corrected chi connectivity index (χ3v) is 5.77. The lowest BCUT2D eigenvalue weighted by molar-refractivity contribution is 0.129. The van der Waals surface area contributed by atoms with Crippen LogP contribution in [-0.4, -0.2) is 33.6 Å². The normalized spacial score (nSPS) is 19.9. The third kappa shape index (κ3) is 3.27. The van der Waals surface area contributed by atoms with E-state index in [9.17, 15) is 4.79 Å². The van der Waals surface area contributed by atoms with Crippen LogP contribution in [0.2, 0.25) is 0 Å². The first-order valence-corrected chi connectivity index (χ1v) is 10.0. The molecule has 1 amide bonds. The minimum atomic E-state index is -0.212. The smallest absolute Gasteiger partial charge is 0.415 e. The number of nitrogens with zero attached hydrogens (tertiary/aromatic N) is 3. The van der Waals surface area contributed by atoms with E-state index in [1.807, 2.05) is 4.90 Å². The molecule has 0 bridgehead atoms. The van der Waals surface area contributed by atoms with Crippen molar-refractivity contribution >= 4 is 11.8 Å². The van der Waals surface area contributed by atoms with Crippen molar-refractivity contribution in [2.45, 2.75) is 45.0 Å². The van der Waals surface area contributed by atoms with E-state index in [1.165, 1.54) is 22.3 Å². The van der Waals surface area contributed by atoms with E-state index in [4.69, 9.17) is 4.74 Å². The SMILES string of the molecule is CCC1OC(=O)N2c3ccc(-c4ccc(CNCc5cn[nH]n5)cc4)cc3CC12. The van der Waals surface area contributed by atoms with Gasteiger partial charge in [-0.2, -0.15) is 15.4 Å². The van der Waals surface area contributed by atoms with Crippen LogP contribution < -0.4 is 10.2 Å². The Kier molecular flexibility index (Phi) is 4.52. The minimum absolute atomic E-state index is 0.0117. The van der Waals surface area contributed by atoms with Crippen LogP contribution in [-0.2, 0) is 24.2 Å². The summed E-state index contributed by atoms with van der Waals surface area (Å²) in [6.07, 6.45) is 3.20. The van der Waals surface area contributed by atoms with Crippen molar-refractivity contribution in [1.82, 2.24) is 20.7 Å². The molecule has 148 valence electrons. The van der Waals surface area contributed by atoms with E-state index in [0.717, 1.165) is 30.8 Å². The summed E-state index contributed by atoms with van der Waals surface area (Å²) >= 11 is 0. The maximum Gasteiger partial charge on any atom is 0.415 e. The summed E-state index contributed by atoms with van der Waals surface area (Å²) in [7, 11) is 0. The van der Waals surface area contributed by atoms with Crippen molar-refractivity contribution in [2.24, 2.45) is 0 Å². The quantitative estimate of drug-likeness (QED) is 0.675. The maximum absolute atomic E-state index is 12.2. The monoisotopic (exact) mass is 389 g/mol. The molecule has 2 N–H and O–H groups in total. The summed E-state index contributed by atoms with van der Waals surface area (Å²) in [5.41, 5.74) is 6.68. The number of nitrogens with one attached hydrogen (secondary N) is 2. The van der Waals surface area contributed by atoms with Gasteiger partial charge in [-0.1, -0.05) is 37.3 Å². The van der Waals surface area contributed by atoms with Crippen molar-refractivity contribution < 1.29 is 9.53 Å². The number of carbonyl (C=O) groups is 1. The highest BCUT2D eigenvalue weighted by atomic mass is 16.6. The highest BCUT2D eigenvalue weighted by molar-refractivity contribution is 5.94. The number of fused-ring (bicyclic) bond motifs is 3. The van der Waals surface area contributed by atoms with Gasteiger partial charge in [-0.25, -0.2) is 4.79 Å². The molecule has 0 saturated carbocycles. The molecule has 2 unspecified atom stereocenters. The Morgan fingerprint density at radius 1 is 1.17 bits per heavy atom. The molecule has 7 heteroatoms. The van der Waals surface area contributed by atoms with Gasteiger partial charge in [0.25, 0.3) is 0 Å². The molecule has 0 radical (unpaired) electrons. The van der Waals surface area contributed by atoms with Crippen molar-refractivity contribution in [1.29, 1.82) is 0 Å². The molecule has 29 heavy (non-hydrogen) atoms. The van der Waals surface area contributed by atoms with Gasteiger partial charge in [0, 0.05) is 13.1 Å². The average Bonchev–Trinajstić information content (AvgIpc) is 3.45. The summed E-state index contributed by atoms with van der Waals surface area (Å²) < 4.78 is 5.49. The van der Waals surface area contributed by atoms with E-state index in [0.29, 0.717) is 6.54 Å². The first kappa shape index (κ1) is 17.9. The van der Waals surface area contributed by atoms with E-state index in [-0.39, 0.29) is 18.2 Å². The Balaban J connectivity index is 1.29. The van der Waals surface area contributed by atoms with Gasteiger partial charge in [-0.15, -0.1) is 0 Å². The molecule has 1 aromatic heterocycles. The zero-order chi connectivity index (χ0) is 19.8. The Labute approximate surface area is 169 Å². The second-order valence-corrected chi connectivity index (χ2v) is 7.58.